The molecule has 0 amide bonds. The van der Waals surface area contributed by atoms with E-state index in [9.17, 15) is 17.4 Å². The van der Waals surface area contributed by atoms with E-state index in [0.29, 0.717) is 0 Å². The van der Waals surface area contributed by atoms with Gasteiger partial charge in [0.2, 0.25) is 5.13 Å². The highest BCUT2D eigenvalue weighted by Crippen LogP contribution is 2.22. The minimum Gasteiger partial charge on any atom is -0.253 e. The van der Waals surface area contributed by atoms with Crippen molar-refractivity contribution in [3.05, 3.63) is 30.6 Å². The second kappa shape index (κ2) is 4.82. The number of nitrogens with zero attached hydrogens (tertiary/aromatic N) is 3. The highest BCUT2D eigenvalue weighted by Gasteiger charge is 2.17. The number of hydrogen-bond donors (Lipinski definition) is 1. The Morgan fingerprint density at radius 3 is 2.72 bits per heavy atom. The van der Waals surface area contributed by atoms with Gasteiger partial charge in [0.15, 0.2) is 0 Å². The third-order valence-electron chi connectivity index (χ3n) is 1.91. The highest BCUT2D eigenvalue weighted by molar-refractivity contribution is 7.93. The van der Waals surface area contributed by atoms with Crippen molar-refractivity contribution in [2.75, 3.05) is 10.1 Å². The summed E-state index contributed by atoms with van der Waals surface area (Å²) in [7, 11) is -3.94. The van der Waals surface area contributed by atoms with Crippen molar-refractivity contribution in [3.63, 3.8) is 0 Å². The van der Waals surface area contributed by atoms with E-state index in [-0.39, 0.29) is 10.0 Å². The summed E-state index contributed by atoms with van der Waals surface area (Å²) in [6, 6.07) is 4.36. The number of aromatic nitrogens is 2. The molecule has 1 N–H and O–H groups in total. The summed E-state index contributed by atoms with van der Waals surface area (Å²) in [6.07, 6.45) is 1.18. The van der Waals surface area contributed by atoms with Crippen molar-refractivity contribution in [2.24, 2.45) is 0 Å². The molecular weight excluding hydrogens is 286 g/mol. The van der Waals surface area contributed by atoms with Crippen LogP contribution in [0.15, 0.2) is 35.5 Å². The zero-order chi connectivity index (χ0) is 13.2. The summed E-state index contributed by atoms with van der Waals surface area (Å²) in [6.45, 7) is 0. The Bertz CT molecular complexity index is 630. The third kappa shape index (κ3) is 2.71. The van der Waals surface area contributed by atoms with Gasteiger partial charge in [-0.1, -0.05) is 15.0 Å². The van der Waals surface area contributed by atoms with Gasteiger partial charge in [0.1, 0.15) is 12.0 Å². The normalized spacial score (nSPS) is 11.2. The summed E-state index contributed by atoms with van der Waals surface area (Å²) in [4.78, 5) is 3.36. The van der Waals surface area contributed by atoms with Gasteiger partial charge in [-0.25, -0.2) is 13.4 Å². The molecule has 0 aliphatic carbocycles. The number of hydrogen-bond acceptors (Lipinski definition) is 6. The lowest BCUT2D eigenvalue weighted by atomic mass is 10.3. The van der Waals surface area contributed by atoms with E-state index < -0.39 is 21.1 Å². The lowest BCUT2D eigenvalue weighted by Crippen LogP contribution is -2.13. The predicted molar refractivity (Wildman–Crippen MR) is 61.9 cm³/mol. The number of nitrogens with one attached hydrogen (secondary N) is 1. The summed E-state index contributed by atoms with van der Waals surface area (Å²) >= 11 is 0.845. The molecule has 0 aliphatic rings. The fourth-order valence-electron chi connectivity index (χ4n) is 1.15. The van der Waals surface area contributed by atoms with Crippen LogP contribution < -0.4 is 10.1 Å². The topological polar surface area (TPSA) is 75.2 Å². The van der Waals surface area contributed by atoms with Crippen molar-refractivity contribution in [2.45, 2.75) is 4.90 Å². The molecule has 18 heavy (non-hydrogen) atoms. The van der Waals surface area contributed by atoms with E-state index in [1.165, 1.54) is 18.5 Å². The monoisotopic (exact) mass is 292 g/mol. The molecule has 2 rings (SSSR count). The van der Waals surface area contributed by atoms with Gasteiger partial charge >= 0.3 is 0 Å². The minimum absolute atomic E-state index is 0.0674. The molecule has 0 atom stereocenters. The first-order valence-corrected chi connectivity index (χ1v) is 6.76. The molecule has 2 aromatic rings. The minimum atomic E-state index is -3.94. The molecule has 0 spiro atoms. The lowest BCUT2D eigenvalue weighted by molar-refractivity contribution is 0.235. The Morgan fingerprint density at radius 1 is 1.33 bits per heavy atom. The molecule has 0 bridgehead atoms. The van der Waals surface area contributed by atoms with Gasteiger partial charge in [0.25, 0.3) is 10.0 Å². The first-order chi connectivity index (χ1) is 8.49. The summed E-state index contributed by atoms with van der Waals surface area (Å²) in [5.41, 5.74) is -0.518. The molecule has 0 saturated heterocycles. The molecule has 1 aromatic heterocycles. The number of anilines is 2. The van der Waals surface area contributed by atoms with Crippen molar-refractivity contribution in [1.29, 1.82) is 0 Å². The Balaban J connectivity index is 2.32. The first-order valence-electron chi connectivity index (χ1n) is 4.50. The van der Waals surface area contributed by atoms with Crippen LogP contribution in [0.25, 0.3) is 0 Å². The zero-order valence-corrected chi connectivity index (χ0v) is 10.3. The van der Waals surface area contributed by atoms with Crippen LogP contribution in [0.5, 0.6) is 0 Å². The highest BCUT2D eigenvalue weighted by atomic mass is 32.2. The number of halogens is 2. The van der Waals surface area contributed by atoms with Gasteiger partial charge in [0.05, 0.1) is 4.90 Å². The Hall–Kier alpha value is -1.81. The molecule has 6 nitrogen and oxygen atoms in total. The largest absolute Gasteiger partial charge is 0.263 e. The molecule has 0 aliphatic heterocycles. The van der Waals surface area contributed by atoms with E-state index in [4.69, 9.17) is 0 Å². The van der Waals surface area contributed by atoms with Crippen LogP contribution in [-0.2, 0) is 10.0 Å². The fraction of sp³-hybridized carbons (Fsp3) is 0. The first kappa shape index (κ1) is 12.6. The Labute approximate surface area is 105 Å². The van der Waals surface area contributed by atoms with Gasteiger partial charge in [-0.15, -0.1) is 0 Å². The Morgan fingerprint density at radius 2 is 2.11 bits per heavy atom. The van der Waals surface area contributed by atoms with Gasteiger partial charge in [-0.2, -0.15) is 4.37 Å². The van der Waals surface area contributed by atoms with E-state index in [1.807, 2.05) is 0 Å². The molecule has 0 unspecified atom stereocenters. The average Bonchev–Trinajstić information content (AvgIpc) is 2.81. The maximum Gasteiger partial charge on any atom is 0.263 e. The summed E-state index contributed by atoms with van der Waals surface area (Å²) in [5.74, 6) is 0. The summed E-state index contributed by atoms with van der Waals surface area (Å²) in [5, 5.41) is -1.10. The maximum absolute atomic E-state index is 12.3. The number of benzene rings is 1. The number of sulfonamides is 1. The maximum atomic E-state index is 12.3. The molecular formula is C8H6F2N4O2S2. The Kier molecular flexibility index (Phi) is 3.39. The van der Waals surface area contributed by atoms with Crippen molar-refractivity contribution < 1.29 is 17.4 Å². The number of rotatable bonds is 4. The van der Waals surface area contributed by atoms with Crippen LogP contribution in [0.4, 0.5) is 19.8 Å². The lowest BCUT2D eigenvalue weighted by Gasteiger charge is -2.07. The molecule has 96 valence electrons. The van der Waals surface area contributed by atoms with Crippen LogP contribution in [0, 0.1) is 0 Å². The van der Waals surface area contributed by atoms with Crippen molar-refractivity contribution in [1.82, 2.24) is 9.36 Å². The van der Waals surface area contributed by atoms with Crippen LogP contribution in [0.3, 0.4) is 0 Å². The van der Waals surface area contributed by atoms with E-state index >= 15 is 0 Å². The van der Waals surface area contributed by atoms with E-state index in [2.05, 4.69) is 14.1 Å². The molecule has 10 heteroatoms. The average molecular weight is 292 g/mol. The van der Waals surface area contributed by atoms with Gasteiger partial charge in [-0.3, -0.25) is 4.72 Å². The second-order valence-corrected chi connectivity index (χ2v) is 5.54. The standard InChI is InChI=1S/C8H6F2N4O2S2/c9-14(10)6-2-1-3-7(4-6)18(15,16)13-8-11-5-12-17-8/h1-5H,(H,11,12,13). The van der Waals surface area contributed by atoms with Gasteiger partial charge in [0, 0.05) is 11.5 Å². The van der Waals surface area contributed by atoms with E-state index in [1.54, 1.807) is 0 Å². The molecule has 0 radical (unpaired) electrons. The van der Waals surface area contributed by atoms with E-state index in [0.717, 1.165) is 23.7 Å². The van der Waals surface area contributed by atoms with Crippen LogP contribution in [0.2, 0.25) is 0 Å². The third-order valence-corrected chi connectivity index (χ3v) is 3.95. The van der Waals surface area contributed by atoms with Crippen LogP contribution in [0.1, 0.15) is 0 Å². The SMILES string of the molecule is O=S(=O)(Nc1ncns1)c1cccc(N(F)F)c1. The molecule has 0 fully saturated rings. The molecule has 1 aromatic carbocycles. The zero-order valence-electron chi connectivity index (χ0n) is 8.62. The van der Waals surface area contributed by atoms with Gasteiger partial charge in [-0.05, 0) is 23.5 Å². The molecule has 0 saturated carbocycles. The van der Waals surface area contributed by atoms with Crippen molar-refractivity contribution in [3.8, 4) is 0 Å². The van der Waals surface area contributed by atoms with Crippen LogP contribution in [-0.4, -0.2) is 17.8 Å². The van der Waals surface area contributed by atoms with Crippen LogP contribution >= 0.6 is 11.5 Å². The fourth-order valence-corrected chi connectivity index (χ4v) is 2.85. The second-order valence-electron chi connectivity index (χ2n) is 3.08. The van der Waals surface area contributed by atoms with Crippen molar-refractivity contribution >= 4 is 32.4 Å². The summed E-state index contributed by atoms with van der Waals surface area (Å²) < 4.78 is 54.1. The predicted octanol–water partition coefficient (Wildman–Crippen LogP) is 1.91. The smallest absolute Gasteiger partial charge is 0.253 e. The van der Waals surface area contributed by atoms with Gasteiger partial charge < -0.3 is 0 Å². The molecule has 1 heterocycles. The quantitative estimate of drug-likeness (QED) is 0.871.